The Bertz CT molecular complexity index is 1830. The molecule has 1 fully saturated rings. The van der Waals surface area contributed by atoms with Gasteiger partial charge in [-0.1, -0.05) is 17.8 Å². The van der Waals surface area contributed by atoms with Gasteiger partial charge in [0.1, 0.15) is 16.7 Å². The van der Waals surface area contributed by atoms with Crippen LogP contribution in [0.4, 0.5) is 4.39 Å². The number of ether oxygens (including phenoxy) is 1. The Hall–Kier alpha value is -4.47. The zero-order chi connectivity index (χ0) is 30.6. The lowest BCUT2D eigenvalue weighted by atomic mass is 10.1. The molecule has 4 heterocycles. The van der Waals surface area contributed by atoms with E-state index in [9.17, 15) is 9.18 Å². The van der Waals surface area contributed by atoms with Crippen LogP contribution < -0.4 is 0 Å². The minimum Gasteiger partial charge on any atom is -0.465 e. The molecule has 226 valence electrons. The van der Waals surface area contributed by atoms with Gasteiger partial charge in [0.15, 0.2) is 0 Å². The number of rotatable bonds is 10. The molecule has 10 nitrogen and oxygen atoms in total. The van der Waals surface area contributed by atoms with Crippen molar-refractivity contribution in [2.24, 2.45) is 0 Å². The van der Waals surface area contributed by atoms with Crippen LogP contribution >= 0.6 is 11.8 Å². The van der Waals surface area contributed by atoms with Crippen molar-refractivity contribution in [1.82, 2.24) is 33.8 Å². The fraction of sp³-hybridized carbons (Fsp3) is 0.344. The van der Waals surface area contributed by atoms with E-state index >= 15 is 0 Å². The number of hydrogen-bond donors (Lipinski definition) is 0. The second kappa shape index (κ2) is 13.0. The van der Waals surface area contributed by atoms with Crippen LogP contribution in [0.25, 0.3) is 11.0 Å². The first kappa shape index (κ1) is 29.6. The van der Waals surface area contributed by atoms with Crippen molar-refractivity contribution in [3.05, 3.63) is 95.2 Å². The number of likely N-dealkylation sites (tertiary alicyclic amines) is 1. The summed E-state index contributed by atoms with van der Waals surface area (Å²) in [5.41, 5.74) is 4.18. The number of halogens is 1. The average molecular weight is 613 g/mol. The van der Waals surface area contributed by atoms with Crippen LogP contribution in [0.1, 0.15) is 58.8 Å². The lowest BCUT2D eigenvalue weighted by Gasteiger charge is -2.31. The summed E-state index contributed by atoms with van der Waals surface area (Å²) in [6.45, 7) is 5.98. The number of hydrogen-bond acceptors (Lipinski definition) is 8. The van der Waals surface area contributed by atoms with Crippen molar-refractivity contribution in [3.8, 4) is 6.07 Å². The first-order chi connectivity index (χ1) is 21.4. The fourth-order valence-corrected chi connectivity index (χ4v) is 6.52. The van der Waals surface area contributed by atoms with E-state index in [0.29, 0.717) is 35.5 Å². The summed E-state index contributed by atoms with van der Waals surface area (Å²) < 4.78 is 25.6. The van der Waals surface area contributed by atoms with Crippen LogP contribution in [0, 0.1) is 17.1 Å². The van der Waals surface area contributed by atoms with E-state index in [1.807, 2.05) is 47.7 Å². The van der Waals surface area contributed by atoms with E-state index in [1.54, 1.807) is 18.2 Å². The zero-order valence-corrected chi connectivity index (χ0v) is 25.5. The van der Waals surface area contributed by atoms with Crippen LogP contribution in [0.15, 0.2) is 66.2 Å². The number of thioether (sulfide) groups is 1. The van der Waals surface area contributed by atoms with E-state index in [4.69, 9.17) is 20.1 Å². The predicted octanol–water partition coefficient (Wildman–Crippen LogP) is 5.42. The molecule has 6 rings (SSSR count). The quantitative estimate of drug-likeness (QED) is 0.152. The highest BCUT2D eigenvalue weighted by Crippen LogP contribution is 2.28. The number of carbonyl (C=O) groups is 1. The van der Waals surface area contributed by atoms with E-state index < -0.39 is 0 Å². The fourth-order valence-electron chi connectivity index (χ4n) is 5.67. The van der Waals surface area contributed by atoms with Crippen molar-refractivity contribution in [3.63, 3.8) is 0 Å². The smallest absolute Gasteiger partial charge is 0.337 e. The summed E-state index contributed by atoms with van der Waals surface area (Å²) in [4.78, 5) is 24.0. The average Bonchev–Trinajstić information content (AvgIpc) is 3.79. The van der Waals surface area contributed by atoms with Crippen molar-refractivity contribution in [2.75, 3.05) is 20.2 Å². The second-order valence-electron chi connectivity index (χ2n) is 10.8. The number of aryl methyl sites for hydroxylation is 1. The minimum atomic E-state index is -0.372. The maximum absolute atomic E-state index is 14.3. The molecular formula is C32H33FN8O2S. The van der Waals surface area contributed by atoms with Gasteiger partial charge in [-0.15, -0.1) is 0 Å². The number of fused-ring (bicyclic) bond motifs is 1. The van der Waals surface area contributed by atoms with Crippen molar-refractivity contribution in [2.45, 2.75) is 56.2 Å². The molecule has 0 spiro atoms. The molecule has 0 N–H and O–H groups in total. The van der Waals surface area contributed by atoms with Crippen LogP contribution in [0.5, 0.6) is 0 Å². The normalized spacial score (nSPS) is 14.2. The SMILES string of the molecule is CCn1cncc1Cn1c(CN2CCC(n3ccc(SCc4ccc(C#N)cc4F)n3)CC2)nc2ccc(C(=O)OC)cc21. The molecule has 1 saturated heterocycles. The highest BCUT2D eigenvalue weighted by Gasteiger charge is 2.24. The number of benzene rings is 2. The molecule has 0 saturated carbocycles. The summed E-state index contributed by atoms with van der Waals surface area (Å²) in [5, 5.41) is 14.6. The molecule has 44 heavy (non-hydrogen) atoms. The van der Waals surface area contributed by atoms with E-state index in [1.165, 1.54) is 24.9 Å². The largest absolute Gasteiger partial charge is 0.465 e. The number of piperidine rings is 1. The number of esters is 1. The van der Waals surface area contributed by atoms with Crippen molar-refractivity contribution in [1.29, 1.82) is 5.26 Å². The van der Waals surface area contributed by atoms with Gasteiger partial charge in [-0.25, -0.2) is 19.2 Å². The van der Waals surface area contributed by atoms with Gasteiger partial charge in [0.25, 0.3) is 0 Å². The van der Waals surface area contributed by atoms with E-state index in [-0.39, 0.29) is 17.8 Å². The van der Waals surface area contributed by atoms with Crippen molar-refractivity contribution >= 4 is 28.8 Å². The maximum atomic E-state index is 14.3. The van der Waals surface area contributed by atoms with Crippen LogP contribution in [-0.2, 0) is 30.1 Å². The van der Waals surface area contributed by atoms with Gasteiger partial charge in [0.2, 0.25) is 0 Å². The maximum Gasteiger partial charge on any atom is 0.337 e. The Kier molecular flexibility index (Phi) is 8.77. The Morgan fingerprint density at radius 1 is 1.16 bits per heavy atom. The lowest BCUT2D eigenvalue weighted by molar-refractivity contribution is 0.0601. The van der Waals surface area contributed by atoms with Gasteiger partial charge in [-0.3, -0.25) is 9.58 Å². The third kappa shape index (κ3) is 6.25. The molecule has 1 aliphatic heterocycles. The molecule has 0 radical (unpaired) electrons. The van der Waals surface area contributed by atoms with Crippen molar-refractivity contribution < 1.29 is 13.9 Å². The van der Waals surface area contributed by atoms with E-state index in [0.717, 1.165) is 60.1 Å². The Morgan fingerprint density at radius 2 is 2.00 bits per heavy atom. The standard InChI is InChI=1S/C32H33FN8O2S/c1-3-39-21-35-17-26(39)18-40-29-15-23(32(42)43-2)6-7-28(29)36-30(40)19-38-11-8-25(9-12-38)41-13-10-31(37-41)44-20-24-5-4-22(16-34)14-27(24)33/h4-7,10,13-15,17,21,25H,3,8-9,11-12,18-20H2,1-2H3. The Labute approximate surface area is 259 Å². The van der Waals surface area contributed by atoms with Crippen LogP contribution in [-0.4, -0.2) is 60.0 Å². The zero-order valence-electron chi connectivity index (χ0n) is 24.7. The molecule has 0 bridgehead atoms. The number of methoxy groups -OCH3 is 1. The second-order valence-corrected chi connectivity index (χ2v) is 11.8. The van der Waals surface area contributed by atoms with Gasteiger partial charge in [0, 0.05) is 37.8 Å². The topological polar surface area (TPSA) is 107 Å². The molecule has 0 unspecified atom stereocenters. The molecule has 12 heteroatoms. The first-order valence-corrected chi connectivity index (χ1v) is 15.6. The number of imidazole rings is 2. The number of nitrogens with zero attached hydrogens (tertiary/aromatic N) is 8. The van der Waals surface area contributed by atoms with Gasteiger partial charge in [-0.2, -0.15) is 10.4 Å². The summed E-state index contributed by atoms with van der Waals surface area (Å²) in [7, 11) is 1.39. The van der Waals surface area contributed by atoms with Gasteiger partial charge < -0.3 is 13.9 Å². The number of aromatic nitrogens is 6. The summed E-state index contributed by atoms with van der Waals surface area (Å²) in [6.07, 6.45) is 7.62. The predicted molar refractivity (Wildman–Crippen MR) is 165 cm³/mol. The monoisotopic (exact) mass is 612 g/mol. The molecule has 3 aromatic heterocycles. The lowest BCUT2D eigenvalue weighted by Crippen LogP contribution is -2.35. The summed E-state index contributed by atoms with van der Waals surface area (Å²) >= 11 is 1.49. The molecule has 0 aliphatic carbocycles. The van der Waals surface area contributed by atoms with Gasteiger partial charge in [-0.05, 0) is 61.7 Å². The molecule has 0 amide bonds. The molecule has 2 aromatic carbocycles. The number of nitriles is 1. The summed E-state index contributed by atoms with van der Waals surface area (Å²) in [5.74, 6) is 0.658. The third-order valence-electron chi connectivity index (χ3n) is 8.15. The summed E-state index contributed by atoms with van der Waals surface area (Å²) in [6, 6.07) is 14.3. The van der Waals surface area contributed by atoms with Crippen LogP contribution in [0.3, 0.4) is 0 Å². The van der Waals surface area contributed by atoms with Gasteiger partial charge >= 0.3 is 5.97 Å². The molecule has 5 aromatic rings. The third-order valence-corrected chi connectivity index (χ3v) is 9.11. The molecular weight excluding hydrogens is 579 g/mol. The number of carbonyl (C=O) groups excluding carboxylic acids is 1. The Morgan fingerprint density at radius 3 is 2.75 bits per heavy atom. The van der Waals surface area contributed by atoms with Gasteiger partial charge in [0.05, 0.1) is 66.5 Å². The molecule has 0 atom stereocenters. The molecule has 1 aliphatic rings. The minimum absolute atomic E-state index is 0.285. The van der Waals surface area contributed by atoms with Crippen LogP contribution in [0.2, 0.25) is 0 Å². The van der Waals surface area contributed by atoms with E-state index in [2.05, 4.69) is 25.9 Å². The highest BCUT2D eigenvalue weighted by molar-refractivity contribution is 7.98. The Balaban J connectivity index is 1.13. The first-order valence-electron chi connectivity index (χ1n) is 14.6. The highest BCUT2D eigenvalue weighted by atomic mass is 32.2.